The van der Waals surface area contributed by atoms with Gasteiger partial charge in [-0.05, 0) is 55.9 Å². The molecule has 6 atom stereocenters. The number of ketones is 1. The van der Waals surface area contributed by atoms with E-state index in [0.717, 1.165) is 0 Å². The van der Waals surface area contributed by atoms with E-state index in [4.69, 9.17) is 14.2 Å². The number of Topliss-reactive ketones (excluding diaryl/α,β-unsaturated/α-hetero) is 1. The molecule has 0 radical (unpaired) electrons. The van der Waals surface area contributed by atoms with Crippen molar-refractivity contribution in [2.45, 2.75) is 91.6 Å². The van der Waals surface area contributed by atoms with Crippen molar-refractivity contribution in [3.63, 3.8) is 0 Å². The fourth-order valence-electron chi connectivity index (χ4n) is 5.62. The molecule has 0 unspecified atom stereocenters. The number of esters is 3. The lowest BCUT2D eigenvalue weighted by Gasteiger charge is -2.37. The molecule has 3 rings (SSSR count). The first-order chi connectivity index (χ1) is 18.2. The van der Waals surface area contributed by atoms with Crippen LogP contribution in [0, 0.1) is 17.3 Å². The lowest BCUT2D eigenvalue weighted by Crippen LogP contribution is -2.46. The fourth-order valence-corrected chi connectivity index (χ4v) is 5.62. The Balaban J connectivity index is 2.16. The number of hydrogen-bond donors (Lipinski definition) is 1. The predicted octanol–water partition coefficient (Wildman–Crippen LogP) is 4.74. The molecule has 212 valence electrons. The second kappa shape index (κ2) is 11.9. The van der Waals surface area contributed by atoms with Gasteiger partial charge in [0.25, 0.3) is 0 Å². The molecule has 0 bridgehead atoms. The van der Waals surface area contributed by atoms with E-state index in [1.807, 2.05) is 20.8 Å². The maximum atomic E-state index is 13.7. The highest BCUT2D eigenvalue weighted by Crippen LogP contribution is 2.46. The van der Waals surface area contributed by atoms with Crippen LogP contribution in [0.4, 0.5) is 0 Å². The molecule has 39 heavy (non-hydrogen) atoms. The number of carbonyl (C=O) groups excluding carboxylic acids is 4. The third kappa shape index (κ3) is 6.85. The zero-order chi connectivity index (χ0) is 29.1. The van der Waals surface area contributed by atoms with E-state index in [2.05, 4.69) is 0 Å². The SMILES string of the molecule is CC(=O)O[C@H]1[C@H](C)C[C@]2(O)C(=O)C(C)=CCC(C)(C)[C@H](OC(C)=O)C[C@@H](OC(=O)c3ccccc3)C(C)=C[C@@H]12. The first kappa shape index (κ1) is 30.3. The Kier molecular flexibility index (Phi) is 9.21. The lowest BCUT2D eigenvalue weighted by molar-refractivity contribution is -0.154. The van der Waals surface area contributed by atoms with E-state index >= 15 is 0 Å². The van der Waals surface area contributed by atoms with Gasteiger partial charge in [-0.25, -0.2) is 4.79 Å². The van der Waals surface area contributed by atoms with E-state index in [1.165, 1.54) is 13.8 Å². The number of carbonyl (C=O) groups is 4. The zero-order valence-corrected chi connectivity index (χ0v) is 23.9. The molecule has 8 nitrogen and oxygen atoms in total. The van der Waals surface area contributed by atoms with E-state index in [0.29, 0.717) is 23.1 Å². The summed E-state index contributed by atoms with van der Waals surface area (Å²) in [7, 11) is 0. The van der Waals surface area contributed by atoms with Crippen LogP contribution < -0.4 is 0 Å². The van der Waals surface area contributed by atoms with Crippen molar-refractivity contribution in [1.29, 1.82) is 0 Å². The van der Waals surface area contributed by atoms with Gasteiger partial charge < -0.3 is 19.3 Å². The first-order valence-corrected chi connectivity index (χ1v) is 13.4. The Labute approximate surface area is 230 Å². The van der Waals surface area contributed by atoms with Crippen molar-refractivity contribution < 1.29 is 38.5 Å². The highest BCUT2D eigenvalue weighted by molar-refractivity contribution is 6.02. The Morgan fingerprint density at radius 3 is 2.18 bits per heavy atom. The Morgan fingerprint density at radius 1 is 0.974 bits per heavy atom. The Morgan fingerprint density at radius 2 is 1.59 bits per heavy atom. The van der Waals surface area contributed by atoms with Gasteiger partial charge in [0.2, 0.25) is 0 Å². The van der Waals surface area contributed by atoms with Gasteiger partial charge in [-0.2, -0.15) is 0 Å². The normalized spacial score (nSPS) is 31.0. The highest BCUT2D eigenvalue weighted by Gasteiger charge is 2.56. The maximum Gasteiger partial charge on any atom is 0.338 e. The van der Waals surface area contributed by atoms with Crippen molar-refractivity contribution in [3.05, 3.63) is 59.2 Å². The van der Waals surface area contributed by atoms with E-state index in [1.54, 1.807) is 56.3 Å². The molecule has 0 spiro atoms. The second-order valence-corrected chi connectivity index (χ2v) is 11.6. The summed E-state index contributed by atoms with van der Waals surface area (Å²) in [5, 5.41) is 11.8. The molecule has 0 heterocycles. The number of ether oxygens (including phenoxy) is 3. The number of hydrogen-bond acceptors (Lipinski definition) is 8. The summed E-state index contributed by atoms with van der Waals surface area (Å²) >= 11 is 0. The standard InChI is InChI=1S/C31H40O8/c1-18-13-14-30(6,7)26(37-21(4)32)16-25(39-29(35)23-11-9-8-10-12-23)19(2)15-24-27(38-22(5)33)20(3)17-31(24,36)28(18)34/h8-13,15,20,24-27,36H,14,16-17H2,1-7H3/t20-,24+,25-,26-,27+,31-/m1/s1. The van der Waals surface area contributed by atoms with Crippen LogP contribution in [0.1, 0.15) is 78.1 Å². The topological polar surface area (TPSA) is 116 Å². The van der Waals surface area contributed by atoms with E-state index < -0.39 is 58.9 Å². The number of rotatable bonds is 4. The van der Waals surface area contributed by atoms with Crippen LogP contribution in [0.3, 0.4) is 0 Å². The molecule has 0 aromatic heterocycles. The quantitative estimate of drug-likeness (QED) is 0.331. The lowest BCUT2D eigenvalue weighted by atomic mass is 9.76. The average Bonchev–Trinajstić information content (AvgIpc) is 3.09. The monoisotopic (exact) mass is 540 g/mol. The summed E-state index contributed by atoms with van der Waals surface area (Å²) in [5.41, 5.74) is -1.15. The molecule has 1 fully saturated rings. The summed E-state index contributed by atoms with van der Waals surface area (Å²) in [6, 6.07) is 8.54. The molecule has 1 N–H and O–H groups in total. The Hall–Kier alpha value is -3.26. The van der Waals surface area contributed by atoms with E-state index in [-0.39, 0.29) is 18.8 Å². The van der Waals surface area contributed by atoms with Crippen LogP contribution in [0.2, 0.25) is 0 Å². The summed E-state index contributed by atoms with van der Waals surface area (Å²) in [6.07, 6.45) is 1.81. The molecular formula is C31H40O8. The minimum atomic E-state index is -1.81. The van der Waals surface area contributed by atoms with Crippen molar-refractivity contribution in [1.82, 2.24) is 0 Å². The largest absolute Gasteiger partial charge is 0.462 e. The van der Waals surface area contributed by atoms with Gasteiger partial charge in [0.1, 0.15) is 23.9 Å². The average molecular weight is 541 g/mol. The second-order valence-electron chi connectivity index (χ2n) is 11.6. The van der Waals surface area contributed by atoms with Crippen molar-refractivity contribution in [3.8, 4) is 0 Å². The van der Waals surface area contributed by atoms with Crippen LogP contribution in [0.5, 0.6) is 0 Å². The highest BCUT2D eigenvalue weighted by atomic mass is 16.6. The minimum Gasteiger partial charge on any atom is -0.462 e. The third-order valence-electron chi connectivity index (χ3n) is 7.90. The van der Waals surface area contributed by atoms with Gasteiger partial charge in [0.15, 0.2) is 5.78 Å². The summed E-state index contributed by atoms with van der Waals surface area (Å²) in [5.74, 6) is -3.16. The van der Waals surface area contributed by atoms with E-state index in [9.17, 15) is 24.3 Å². The van der Waals surface area contributed by atoms with Gasteiger partial charge in [0, 0.05) is 25.7 Å². The third-order valence-corrected chi connectivity index (χ3v) is 7.90. The summed E-state index contributed by atoms with van der Waals surface area (Å²) in [6.45, 7) is 11.7. The van der Waals surface area contributed by atoms with Crippen molar-refractivity contribution in [2.24, 2.45) is 17.3 Å². The van der Waals surface area contributed by atoms with Gasteiger partial charge in [0.05, 0.1) is 11.5 Å². The zero-order valence-electron chi connectivity index (χ0n) is 23.9. The summed E-state index contributed by atoms with van der Waals surface area (Å²) < 4.78 is 17.3. The molecule has 2 aliphatic carbocycles. The molecule has 1 aromatic rings. The van der Waals surface area contributed by atoms with Gasteiger partial charge >= 0.3 is 17.9 Å². The first-order valence-electron chi connectivity index (χ1n) is 13.4. The van der Waals surface area contributed by atoms with Crippen LogP contribution in [-0.4, -0.2) is 52.7 Å². The predicted molar refractivity (Wildman–Crippen MR) is 145 cm³/mol. The van der Waals surface area contributed by atoms with Gasteiger partial charge in [-0.15, -0.1) is 0 Å². The fraction of sp³-hybridized carbons (Fsp3) is 0.548. The number of allylic oxidation sites excluding steroid dienone is 1. The molecule has 0 amide bonds. The van der Waals surface area contributed by atoms with Gasteiger partial charge in [-0.3, -0.25) is 14.4 Å². The molecule has 1 saturated carbocycles. The van der Waals surface area contributed by atoms with Crippen molar-refractivity contribution >= 4 is 23.7 Å². The van der Waals surface area contributed by atoms with Crippen molar-refractivity contribution in [2.75, 3.05) is 0 Å². The van der Waals surface area contributed by atoms with Crippen LogP contribution >= 0.6 is 0 Å². The number of aliphatic hydroxyl groups is 1. The molecule has 1 aromatic carbocycles. The minimum absolute atomic E-state index is 0.108. The maximum absolute atomic E-state index is 13.7. The molecule has 2 aliphatic rings. The number of fused-ring (bicyclic) bond motifs is 1. The molecule has 0 aliphatic heterocycles. The van der Waals surface area contributed by atoms with Crippen LogP contribution in [0.15, 0.2) is 53.6 Å². The van der Waals surface area contributed by atoms with Crippen LogP contribution in [0.25, 0.3) is 0 Å². The number of benzene rings is 1. The molecule has 8 heteroatoms. The smallest absolute Gasteiger partial charge is 0.338 e. The summed E-state index contributed by atoms with van der Waals surface area (Å²) in [4.78, 5) is 50.9. The molecule has 0 saturated heterocycles. The molecular weight excluding hydrogens is 500 g/mol. The van der Waals surface area contributed by atoms with Gasteiger partial charge in [-0.1, -0.05) is 51.1 Å². The van der Waals surface area contributed by atoms with Crippen LogP contribution in [-0.2, 0) is 28.6 Å². The Bertz CT molecular complexity index is 1160.